The number of aliphatic hydroxyl groups excluding tert-OH is 1. The average molecular weight is 253 g/mol. The second-order valence-corrected chi connectivity index (χ2v) is 6.78. The summed E-state index contributed by atoms with van der Waals surface area (Å²) in [5.74, 6) is 0. The summed E-state index contributed by atoms with van der Waals surface area (Å²) in [5, 5.41) is 13.2. The molecule has 1 aliphatic carbocycles. The van der Waals surface area contributed by atoms with Gasteiger partial charge in [0.15, 0.2) is 0 Å². The molecule has 3 rings (SSSR count). The van der Waals surface area contributed by atoms with Crippen molar-refractivity contribution in [3.8, 4) is 0 Å². The molecule has 0 aromatic rings. The van der Waals surface area contributed by atoms with E-state index in [1.165, 1.54) is 38.5 Å². The second kappa shape index (κ2) is 5.10. The lowest BCUT2D eigenvalue weighted by molar-refractivity contribution is -0.0645. The third-order valence-corrected chi connectivity index (χ3v) is 5.51. The molecule has 2 aliphatic heterocycles. The van der Waals surface area contributed by atoms with Gasteiger partial charge in [-0.05, 0) is 63.5 Å². The lowest BCUT2D eigenvalue weighted by Crippen LogP contribution is -2.41. The van der Waals surface area contributed by atoms with Gasteiger partial charge in [-0.2, -0.15) is 0 Å². The Hall–Kier alpha value is -0.120. The highest BCUT2D eigenvalue weighted by atomic mass is 16.5. The van der Waals surface area contributed by atoms with Crippen LogP contribution in [0.1, 0.15) is 57.8 Å². The average Bonchev–Trinajstić information content (AvgIpc) is 3.02. The lowest BCUT2D eigenvalue weighted by Gasteiger charge is -2.38. The summed E-state index contributed by atoms with van der Waals surface area (Å²) in [4.78, 5) is 0. The smallest absolute Gasteiger partial charge is 0.0687 e. The van der Waals surface area contributed by atoms with Crippen LogP contribution >= 0.6 is 0 Å². The van der Waals surface area contributed by atoms with Crippen molar-refractivity contribution in [3.63, 3.8) is 0 Å². The predicted molar refractivity (Wildman–Crippen MR) is 71.5 cm³/mol. The standard InChI is InChI=1S/C15H27NO2/c17-12-14(7-9-16-10-8-14)11-13-3-6-15(18-13)4-1-2-5-15/h13,16-17H,1-12H2. The third kappa shape index (κ3) is 2.45. The van der Waals surface area contributed by atoms with Crippen molar-refractivity contribution in [3.05, 3.63) is 0 Å². The molecule has 18 heavy (non-hydrogen) atoms. The largest absolute Gasteiger partial charge is 0.396 e. The van der Waals surface area contributed by atoms with Crippen LogP contribution in [-0.2, 0) is 4.74 Å². The van der Waals surface area contributed by atoms with Crippen molar-refractivity contribution < 1.29 is 9.84 Å². The molecule has 0 aromatic carbocycles. The normalized spacial score (nSPS) is 34.2. The summed E-state index contributed by atoms with van der Waals surface area (Å²) >= 11 is 0. The molecule has 0 bridgehead atoms. The maximum absolute atomic E-state index is 9.78. The van der Waals surface area contributed by atoms with E-state index < -0.39 is 0 Å². The molecule has 1 spiro atoms. The maximum Gasteiger partial charge on any atom is 0.0687 e. The molecule has 1 unspecified atom stereocenters. The molecular formula is C15H27NO2. The summed E-state index contributed by atoms with van der Waals surface area (Å²) in [6.45, 7) is 2.44. The molecule has 3 aliphatic rings. The molecule has 0 amide bonds. The van der Waals surface area contributed by atoms with Gasteiger partial charge < -0.3 is 15.2 Å². The third-order valence-electron chi connectivity index (χ3n) is 5.51. The van der Waals surface area contributed by atoms with E-state index in [0.717, 1.165) is 32.4 Å². The molecule has 0 radical (unpaired) electrons. The molecule has 3 nitrogen and oxygen atoms in total. The molecule has 0 aromatic heterocycles. The van der Waals surface area contributed by atoms with Crippen molar-refractivity contribution in [1.29, 1.82) is 0 Å². The Morgan fingerprint density at radius 1 is 1.06 bits per heavy atom. The van der Waals surface area contributed by atoms with Gasteiger partial charge in [-0.3, -0.25) is 0 Å². The highest BCUT2D eigenvalue weighted by Crippen LogP contribution is 2.46. The van der Waals surface area contributed by atoms with Gasteiger partial charge in [0, 0.05) is 6.61 Å². The zero-order valence-corrected chi connectivity index (χ0v) is 11.4. The molecular weight excluding hydrogens is 226 g/mol. The van der Waals surface area contributed by atoms with Crippen molar-refractivity contribution in [2.75, 3.05) is 19.7 Å². The molecule has 2 heterocycles. The Morgan fingerprint density at radius 3 is 2.44 bits per heavy atom. The molecule has 2 saturated heterocycles. The fourth-order valence-corrected chi connectivity index (χ4v) is 4.29. The SMILES string of the molecule is OCC1(CC2CCC3(CCCC3)O2)CCNCC1. The fourth-order valence-electron chi connectivity index (χ4n) is 4.29. The summed E-state index contributed by atoms with van der Waals surface area (Å²) in [5.41, 5.74) is 0.383. The van der Waals surface area contributed by atoms with E-state index in [-0.39, 0.29) is 11.0 Å². The number of rotatable bonds is 3. The molecule has 1 atom stereocenters. The van der Waals surface area contributed by atoms with E-state index in [2.05, 4.69) is 5.32 Å². The maximum atomic E-state index is 9.78. The van der Waals surface area contributed by atoms with E-state index >= 15 is 0 Å². The van der Waals surface area contributed by atoms with Crippen LogP contribution in [-0.4, -0.2) is 36.5 Å². The zero-order chi connectivity index (χ0) is 12.5. The van der Waals surface area contributed by atoms with E-state index in [9.17, 15) is 5.11 Å². The van der Waals surface area contributed by atoms with Gasteiger partial charge in [-0.1, -0.05) is 12.8 Å². The first-order valence-electron chi connectivity index (χ1n) is 7.75. The zero-order valence-electron chi connectivity index (χ0n) is 11.4. The van der Waals surface area contributed by atoms with Crippen molar-refractivity contribution in [2.45, 2.75) is 69.5 Å². The first kappa shape index (κ1) is 12.9. The van der Waals surface area contributed by atoms with Gasteiger partial charge in [-0.25, -0.2) is 0 Å². The number of piperidine rings is 1. The summed E-state index contributed by atoms with van der Waals surface area (Å²) in [6.07, 6.45) is 11.4. The highest BCUT2D eigenvalue weighted by molar-refractivity contribution is 4.95. The monoisotopic (exact) mass is 253 g/mol. The second-order valence-electron chi connectivity index (χ2n) is 6.78. The van der Waals surface area contributed by atoms with Crippen molar-refractivity contribution in [2.24, 2.45) is 5.41 Å². The predicted octanol–water partition coefficient (Wildman–Crippen LogP) is 2.23. The van der Waals surface area contributed by atoms with Gasteiger partial charge in [-0.15, -0.1) is 0 Å². The number of ether oxygens (including phenoxy) is 1. The van der Waals surface area contributed by atoms with Crippen LogP contribution in [0.5, 0.6) is 0 Å². The van der Waals surface area contributed by atoms with E-state index in [1.807, 2.05) is 0 Å². The molecule has 2 N–H and O–H groups in total. The van der Waals surface area contributed by atoms with E-state index in [4.69, 9.17) is 4.74 Å². The van der Waals surface area contributed by atoms with Gasteiger partial charge in [0.25, 0.3) is 0 Å². The highest BCUT2D eigenvalue weighted by Gasteiger charge is 2.44. The Morgan fingerprint density at radius 2 is 1.78 bits per heavy atom. The van der Waals surface area contributed by atoms with Crippen LogP contribution in [0.4, 0.5) is 0 Å². The van der Waals surface area contributed by atoms with Crippen LogP contribution in [0, 0.1) is 5.41 Å². The Kier molecular flexibility index (Phi) is 3.65. The van der Waals surface area contributed by atoms with Crippen LogP contribution in [0.2, 0.25) is 0 Å². The molecule has 1 saturated carbocycles. The topological polar surface area (TPSA) is 41.5 Å². The Labute approximate surface area is 110 Å². The van der Waals surface area contributed by atoms with Gasteiger partial charge in [0.1, 0.15) is 0 Å². The van der Waals surface area contributed by atoms with E-state index in [1.54, 1.807) is 0 Å². The van der Waals surface area contributed by atoms with Crippen LogP contribution < -0.4 is 5.32 Å². The van der Waals surface area contributed by atoms with Gasteiger partial charge >= 0.3 is 0 Å². The number of hydrogen-bond acceptors (Lipinski definition) is 3. The Balaban J connectivity index is 1.59. The fraction of sp³-hybridized carbons (Fsp3) is 1.00. The van der Waals surface area contributed by atoms with E-state index in [0.29, 0.717) is 12.7 Å². The minimum Gasteiger partial charge on any atom is -0.396 e. The van der Waals surface area contributed by atoms with Crippen molar-refractivity contribution in [1.82, 2.24) is 5.32 Å². The summed E-state index contributed by atoms with van der Waals surface area (Å²) in [6, 6.07) is 0. The van der Waals surface area contributed by atoms with Crippen LogP contribution in [0.15, 0.2) is 0 Å². The van der Waals surface area contributed by atoms with Gasteiger partial charge in [0.05, 0.1) is 11.7 Å². The molecule has 3 fully saturated rings. The first-order valence-corrected chi connectivity index (χ1v) is 7.75. The minimum absolute atomic E-state index is 0.139. The Bertz CT molecular complexity index is 280. The lowest BCUT2D eigenvalue weighted by atomic mass is 9.75. The van der Waals surface area contributed by atoms with Crippen LogP contribution in [0.3, 0.4) is 0 Å². The minimum atomic E-state index is 0.139. The first-order chi connectivity index (χ1) is 8.76. The van der Waals surface area contributed by atoms with Crippen molar-refractivity contribution >= 4 is 0 Å². The molecule has 104 valence electrons. The van der Waals surface area contributed by atoms with Gasteiger partial charge in [0.2, 0.25) is 0 Å². The summed E-state index contributed by atoms with van der Waals surface area (Å²) < 4.78 is 6.41. The molecule has 3 heteroatoms. The number of hydrogen-bond donors (Lipinski definition) is 2. The number of nitrogens with one attached hydrogen (secondary N) is 1. The number of aliphatic hydroxyl groups is 1. The quantitative estimate of drug-likeness (QED) is 0.810. The summed E-state index contributed by atoms with van der Waals surface area (Å²) in [7, 11) is 0. The van der Waals surface area contributed by atoms with Crippen LogP contribution in [0.25, 0.3) is 0 Å².